The second kappa shape index (κ2) is 8.19. The lowest BCUT2D eigenvalue weighted by atomic mass is 9.97. The molecule has 2 saturated heterocycles. The lowest BCUT2D eigenvalue weighted by Crippen LogP contribution is -2.48. The molecule has 0 aromatic rings. The topological polar surface area (TPSA) is 60.1 Å². The van der Waals surface area contributed by atoms with Crippen molar-refractivity contribution in [3.8, 4) is 0 Å². The van der Waals surface area contributed by atoms with E-state index in [1.807, 2.05) is 6.92 Å². The molecular weight excluding hydrogens is 369 g/mol. The van der Waals surface area contributed by atoms with E-state index in [9.17, 15) is 0 Å². The summed E-state index contributed by atoms with van der Waals surface area (Å²) in [4.78, 5) is 6.64. The summed E-state index contributed by atoms with van der Waals surface area (Å²) in [7, 11) is 0. The van der Waals surface area contributed by atoms with Crippen LogP contribution in [-0.2, 0) is 9.47 Å². The third kappa shape index (κ3) is 4.60. The minimum Gasteiger partial charge on any atom is -0.375 e. The van der Waals surface area contributed by atoms with Crippen LogP contribution in [0.3, 0.4) is 0 Å². The fourth-order valence-corrected chi connectivity index (χ4v) is 2.70. The van der Waals surface area contributed by atoms with Crippen molar-refractivity contribution in [2.45, 2.75) is 32.5 Å². The molecule has 5 nitrogen and oxygen atoms in total. The Bertz CT molecular complexity index is 362. The molecule has 0 bridgehead atoms. The third-order valence-corrected chi connectivity index (χ3v) is 3.75. The third-order valence-electron chi connectivity index (χ3n) is 3.75. The van der Waals surface area contributed by atoms with E-state index in [0.717, 1.165) is 44.8 Å². The standard InChI is InChI=1S/C14H25N3O2.HI/c1-10(2)13-12(4-6-19-13)8-16-14(15)17-5-7-18-11(3)9-17;/h11-13H,1,4-9H2,2-3H3,(H2,15,16);1H. The molecule has 2 rings (SSSR count). The predicted octanol–water partition coefficient (Wildman–Crippen LogP) is 1.62. The SMILES string of the molecule is C=C(C)C1OCCC1CN=C(N)N1CCOC(C)C1.I. The Kier molecular flexibility index (Phi) is 7.25. The van der Waals surface area contributed by atoms with Crippen molar-refractivity contribution in [3.63, 3.8) is 0 Å². The average molecular weight is 395 g/mol. The summed E-state index contributed by atoms with van der Waals surface area (Å²) in [5, 5.41) is 0. The first-order valence-electron chi connectivity index (χ1n) is 7.01. The van der Waals surface area contributed by atoms with Crippen molar-refractivity contribution >= 4 is 29.9 Å². The molecule has 3 unspecified atom stereocenters. The highest BCUT2D eigenvalue weighted by atomic mass is 127. The molecule has 0 aliphatic carbocycles. The number of nitrogens with zero attached hydrogens (tertiary/aromatic N) is 2. The first kappa shape index (κ1) is 17.7. The zero-order valence-electron chi connectivity index (χ0n) is 12.4. The number of hydrogen-bond acceptors (Lipinski definition) is 3. The van der Waals surface area contributed by atoms with E-state index >= 15 is 0 Å². The van der Waals surface area contributed by atoms with Crippen molar-refractivity contribution in [2.24, 2.45) is 16.6 Å². The number of aliphatic imine (C=N–C) groups is 1. The highest BCUT2D eigenvalue weighted by Gasteiger charge is 2.28. The maximum Gasteiger partial charge on any atom is 0.191 e. The van der Waals surface area contributed by atoms with E-state index in [1.165, 1.54) is 0 Å². The molecule has 0 radical (unpaired) electrons. The van der Waals surface area contributed by atoms with Crippen LogP contribution in [0.5, 0.6) is 0 Å². The van der Waals surface area contributed by atoms with Gasteiger partial charge >= 0.3 is 0 Å². The molecule has 2 N–H and O–H groups in total. The zero-order valence-corrected chi connectivity index (χ0v) is 14.7. The lowest BCUT2D eigenvalue weighted by Gasteiger charge is -2.32. The van der Waals surface area contributed by atoms with Gasteiger partial charge < -0.3 is 20.1 Å². The fourth-order valence-electron chi connectivity index (χ4n) is 2.70. The molecule has 0 spiro atoms. The van der Waals surface area contributed by atoms with Gasteiger partial charge in [-0.15, -0.1) is 24.0 Å². The summed E-state index contributed by atoms with van der Waals surface area (Å²) in [5.74, 6) is 1.04. The molecule has 20 heavy (non-hydrogen) atoms. The number of hydrogen-bond donors (Lipinski definition) is 1. The quantitative estimate of drug-likeness (QED) is 0.342. The van der Waals surface area contributed by atoms with Gasteiger partial charge in [-0.05, 0) is 20.3 Å². The summed E-state index contributed by atoms with van der Waals surface area (Å²) in [6.07, 6.45) is 1.40. The van der Waals surface area contributed by atoms with Gasteiger partial charge in [0.25, 0.3) is 0 Å². The molecule has 0 saturated carbocycles. The molecule has 2 heterocycles. The van der Waals surface area contributed by atoms with Crippen LogP contribution in [0.1, 0.15) is 20.3 Å². The van der Waals surface area contributed by atoms with Gasteiger partial charge in [0.2, 0.25) is 0 Å². The highest BCUT2D eigenvalue weighted by molar-refractivity contribution is 14.0. The minimum absolute atomic E-state index is 0. The number of morpholine rings is 1. The summed E-state index contributed by atoms with van der Waals surface area (Å²) in [5.41, 5.74) is 7.15. The van der Waals surface area contributed by atoms with Crippen molar-refractivity contribution in [1.29, 1.82) is 0 Å². The average Bonchev–Trinajstić information content (AvgIpc) is 2.84. The Labute approximate surface area is 138 Å². The zero-order chi connectivity index (χ0) is 13.8. The Balaban J connectivity index is 0.00000200. The van der Waals surface area contributed by atoms with E-state index in [2.05, 4.69) is 23.4 Å². The first-order chi connectivity index (χ1) is 9.08. The summed E-state index contributed by atoms with van der Waals surface area (Å²) < 4.78 is 11.2. The smallest absolute Gasteiger partial charge is 0.191 e. The molecule has 116 valence electrons. The van der Waals surface area contributed by atoms with Gasteiger partial charge in [-0.1, -0.05) is 12.2 Å². The molecule has 0 aromatic carbocycles. The van der Waals surface area contributed by atoms with Crippen LogP contribution < -0.4 is 5.73 Å². The van der Waals surface area contributed by atoms with Crippen LogP contribution in [0.4, 0.5) is 0 Å². The Morgan fingerprint density at radius 1 is 1.40 bits per heavy atom. The van der Waals surface area contributed by atoms with E-state index < -0.39 is 0 Å². The van der Waals surface area contributed by atoms with Crippen LogP contribution in [0.2, 0.25) is 0 Å². The normalized spacial score (nSPS) is 31.0. The molecule has 0 aromatic heterocycles. The molecular formula is C14H26IN3O2. The second-order valence-electron chi connectivity index (χ2n) is 5.51. The van der Waals surface area contributed by atoms with E-state index in [-0.39, 0.29) is 36.2 Å². The van der Waals surface area contributed by atoms with Gasteiger partial charge in [-0.2, -0.15) is 0 Å². The largest absolute Gasteiger partial charge is 0.375 e. The number of nitrogens with two attached hydrogens (primary N) is 1. The number of ether oxygens (including phenoxy) is 2. The second-order valence-corrected chi connectivity index (χ2v) is 5.51. The maximum absolute atomic E-state index is 6.07. The van der Waals surface area contributed by atoms with Gasteiger partial charge in [0, 0.05) is 32.2 Å². The van der Waals surface area contributed by atoms with E-state index in [4.69, 9.17) is 15.2 Å². The van der Waals surface area contributed by atoms with Crippen LogP contribution in [0, 0.1) is 5.92 Å². The van der Waals surface area contributed by atoms with Crippen LogP contribution in [0.15, 0.2) is 17.1 Å². The molecule has 3 atom stereocenters. The summed E-state index contributed by atoms with van der Waals surface area (Å²) in [6, 6.07) is 0. The lowest BCUT2D eigenvalue weighted by molar-refractivity contribution is 0.00525. The number of guanidine groups is 1. The number of rotatable bonds is 3. The molecule has 2 aliphatic heterocycles. The van der Waals surface area contributed by atoms with Crippen molar-refractivity contribution in [1.82, 2.24) is 4.90 Å². The molecule has 6 heteroatoms. The Hall–Kier alpha value is -0.340. The number of halogens is 1. The van der Waals surface area contributed by atoms with Crippen LogP contribution in [0.25, 0.3) is 0 Å². The molecule has 0 amide bonds. The highest BCUT2D eigenvalue weighted by Crippen LogP contribution is 2.25. The summed E-state index contributed by atoms with van der Waals surface area (Å²) >= 11 is 0. The molecule has 2 fully saturated rings. The summed E-state index contributed by atoms with van der Waals surface area (Å²) in [6.45, 7) is 11.9. The van der Waals surface area contributed by atoms with Gasteiger partial charge in [-0.25, -0.2) is 0 Å². The van der Waals surface area contributed by atoms with Crippen molar-refractivity contribution in [3.05, 3.63) is 12.2 Å². The van der Waals surface area contributed by atoms with Crippen molar-refractivity contribution in [2.75, 3.05) is 32.8 Å². The van der Waals surface area contributed by atoms with Gasteiger partial charge in [0.05, 0.1) is 18.8 Å². The predicted molar refractivity (Wildman–Crippen MR) is 91.6 cm³/mol. The Morgan fingerprint density at radius 3 is 2.80 bits per heavy atom. The Morgan fingerprint density at radius 2 is 2.15 bits per heavy atom. The minimum atomic E-state index is 0. The van der Waals surface area contributed by atoms with Gasteiger partial charge in [0.1, 0.15) is 0 Å². The maximum atomic E-state index is 6.07. The monoisotopic (exact) mass is 395 g/mol. The van der Waals surface area contributed by atoms with Crippen LogP contribution >= 0.6 is 24.0 Å². The van der Waals surface area contributed by atoms with Gasteiger partial charge in [-0.3, -0.25) is 4.99 Å². The van der Waals surface area contributed by atoms with Gasteiger partial charge in [0.15, 0.2) is 5.96 Å². The molecule has 2 aliphatic rings. The van der Waals surface area contributed by atoms with Crippen molar-refractivity contribution < 1.29 is 9.47 Å². The first-order valence-corrected chi connectivity index (χ1v) is 7.01. The fraction of sp³-hybridized carbons (Fsp3) is 0.786. The van der Waals surface area contributed by atoms with Crippen LogP contribution in [-0.4, -0.2) is 55.9 Å². The van der Waals surface area contributed by atoms with E-state index in [1.54, 1.807) is 0 Å². The van der Waals surface area contributed by atoms with E-state index in [0.29, 0.717) is 11.9 Å².